The molecule has 0 aliphatic carbocycles. The molecule has 2 heterocycles. The molecule has 26 heavy (non-hydrogen) atoms. The topological polar surface area (TPSA) is 108 Å². The summed E-state index contributed by atoms with van der Waals surface area (Å²) in [6.45, 7) is 1.96. The van der Waals surface area contributed by atoms with Gasteiger partial charge < -0.3 is 5.32 Å². The largest absolute Gasteiger partial charge is 0.322 e. The molecular weight excluding hydrogens is 360 g/mol. The number of nitrogens with one attached hydrogen (secondary N) is 1. The highest BCUT2D eigenvalue weighted by Gasteiger charge is 2.29. The smallest absolute Gasteiger partial charge is 0.318 e. The summed E-state index contributed by atoms with van der Waals surface area (Å²) in [5, 5.41) is 22.5. The van der Waals surface area contributed by atoms with E-state index in [2.05, 4.69) is 15.5 Å². The molecule has 0 bridgehead atoms. The lowest BCUT2D eigenvalue weighted by Crippen LogP contribution is -2.14. The number of anilines is 1. The fourth-order valence-electron chi connectivity index (χ4n) is 2.47. The van der Waals surface area contributed by atoms with Crippen LogP contribution < -0.4 is 5.32 Å². The molecule has 0 unspecified atom stereocenters. The number of halogens is 1. The number of benzene rings is 1. The van der Waals surface area contributed by atoms with Crippen LogP contribution in [0.25, 0.3) is 0 Å². The maximum absolute atomic E-state index is 12.4. The van der Waals surface area contributed by atoms with Crippen LogP contribution in [0.15, 0.2) is 36.7 Å². The van der Waals surface area contributed by atoms with Crippen molar-refractivity contribution in [2.24, 2.45) is 7.05 Å². The molecule has 10 heteroatoms. The highest BCUT2D eigenvalue weighted by atomic mass is 35.5. The number of nitro groups is 1. The third-order valence-electron chi connectivity index (χ3n) is 3.88. The Hall–Kier alpha value is -3.20. The number of hydrogen-bond donors (Lipinski definition) is 1. The monoisotopic (exact) mass is 374 g/mol. The van der Waals surface area contributed by atoms with Crippen molar-refractivity contribution < 1.29 is 9.72 Å². The van der Waals surface area contributed by atoms with Crippen LogP contribution in [0.4, 0.5) is 11.4 Å². The highest BCUT2D eigenvalue weighted by molar-refractivity contribution is 6.31. The first kappa shape index (κ1) is 17.6. The van der Waals surface area contributed by atoms with Gasteiger partial charge >= 0.3 is 5.69 Å². The zero-order valence-electron chi connectivity index (χ0n) is 14.0. The molecule has 3 rings (SSSR count). The molecule has 0 saturated heterocycles. The molecule has 1 N–H and O–H groups in total. The molecule has 134 valence electrons. The van der Waals surface area contributed by atoms with Gasteiger partial charge in [0.25, 0.3) is 5.91 Å². The Kier molecular flexibility index (Phi) is 4.72. The quantitative estimate of drug-likeness (QED) is 0.545. The second-order valence-electron chi connectivity index (χ2n) is 5.64. The van der Waals surface area contributed by atoms with E-state index in [1.165, 1.54) is 17.8 Å². The van der Waals surface area contributed by atoms with E-state index in [9.17, 15) is 14.9 Å². The number of carbonyl (C=O) groups is 1. The third kappa shape index (κ3) is 3.42. The van der Waals surface area contributed by atoms with Crippen molar-refractivity contribution in [3.63, 3.8) is 0 Å². The van der Waals surface area contributed by atoms with Crippen LogP contribution in [0, 0.1) is 17.0 Å². The first-order chi connectivity index (χ1) is 12.4. The van der Waals surface area contributed by atoms with Crippen molar-refractivity contribution in [3.8, 4) is 0 Å². The lowest BCUT2D eigenvalue weighted by molar-refractivity contribution is -0.385. The van der Waals surface area contributed by atoms with Crippen molar-refractivity contribution in [2.75, 3.05) is 5.32 Å². The van der Waals surface area contributed by atoms with Gasteiger partial charge in [0.1, 0.15) is 5.69 Å². The van der Waals surface area contributed by atoms with Gasteiger partial charge in [-0.1, -0.05) is 29.8 Å². The third-order valence-corrected chi connectivity index (χ3v) is 4.25. The summed E-state index contributed by atoms with van der Waals surface area (Å²) in [5.41, 5.74) is 1.03. The zero-order valence-corrected chi connectivity index (χ0v) is 14.8. The Morgan fingerprint density at radius 2 is 2.12 bits per heavy atom. The summed E-state index contributed by atoms with van der Waals surface area (Å²) in [5.74, 6) is -0.669. The number of hydrogen-bond acceptors (Lipinski definition) is 5. The van der Waals surface area contributed by atoms with Gasteiger partial charge in [-0.05, 0) is 18.6 Å². The first-order valence-electron chi connectivity index (χ1n) is 7.62. The van der Waals surface area contributed by atoms with E-state index in [-0.39, 0.29) is 11.4 Å². The Bertz CT molecular complexity index is 994. The summed E-state index contributed by atoms with van der Waals surface area (Å²) in [4.78, 5) is 23.0. The lowest BCUT2D eigenvalue weighted by Gasteiger charge is -2.03. The number of aryl methyl sites for hydroxylation is 1. The molecule has 0 aliphatic rings. The summed E-state index contributed by atoms with van der Waals surface area (Å²) in [6.07, 6.45) is 3.07. The minimum Gasteiger partial charge on any atom is -0.318 e. The lowest BCUT2D eigenvalue weighted by atomic mass is 10.2. The van der Waals surface area contributed by atoms with Gasteiger partial charge in [-0.25, -0.2) is 0 Å². The number of amides is 1. The fraction of sp³-hybridized carbons (Fsp3) is 0.188. The summed E-state index contributed by atoms with van der Waals surface area (Å²) in [7, 11) is 1.54. The molecular formula is C16H15ClN6O3. The van der Waals surface area contributed by atoms with Crippen molar-refractivity contribution in [2.45, 2.75) is 13.5 Å². The van der Waals surface area contributed by atoms with E-state index < -0.39 is 10.8 Å². The molecule has 3 aromatic rings. The van der Waals surface area contributed by atoms with Gasteiger partial charge in [0.05, 0.1) is 23.4 Å². The van der Waals surface area contributed by atoms with Gasteiger partial charge in [-0.3, -0.25) is 24.3 Å². The molecule has 2 aromatic heterocycles. The second-order valence-corrected chi connectivity index (χ2v) is 6.04. The first-order valence-corrected chi connectivity index (χ1v) is 8.00. The van der Waals surface area contributed by atoms with Crippen LogP contribution in [-0.2, 0) is 13.6 Å². The van der Waals surface area contributed by atoms with E-state index >= 15 is 0 Å². The Morgan fingerprint density at radius 3 is 2.81 bits per heavy atom. The van der Waals surface area contributed by atoms with E-state index in [1.54, 1.807) is 24.0 Å². The van der Waals surface area contributed by atoms with Gasteiger partial charge in [0.15, 0.2) is 0 Å². The van der Waals surface area contributed by atoms with E-state index in [0.29, 0.717) is 22.9 Å². The number of rotatable bonds is 5. The van der Waals surface area contributed by atoms with Crippen molar-refractivity contribution in [1.82, 2.24) is 19.6 Å². The number of nitrogens with zero attached hydrogens (tertiary/aromatic N) is 5. The fourth-order valence-corrected chi connectivity index (χ4v) is 2.67. The van der Waals surface area contributed by atoms with Gasteiger partial charge in [0.2, 0.25) is 5.69 Å². The average molecular weight is 375 g/mol. The Morgan fingerprint density at radius 1 is 1.38 bits per heavy atom. The molecule has 0 radical (unpaired) electrons. The molecule has 0 fully saturated rings. The zero-order chi connectivity index (χ0) is 18.8. The van der Waals surface area contributed by atoms with E-state index in [0.717, 1.165) is 5.56 Å². The second kappa shape index (κ2) is 6.96. The maximum Gasteiger partial charge on any atom is 0.322 e. The SMILES string of the molecule is Cc1c([N+](=O)[O-])c(C(=O)Nc2cnn(Cc3ccccc3Cl)c2)nn1C. The minimum atomic E-state index is -0.669. The van der Waals surface area contributed by atoms with E-state index in [1.807, 2.05) is 18.2 Å². The number of aromatic nitrogens is 4. The minimum absolute atomic E-state index is 0.242. The maximum atomic E-state index is 12.4. The van der Waals surface area contributed by atoms with Crippen LogP contribution in [0.3, 0.4) is 0 Å². The normalized spacial score (nSPS) is 10.7. The van der Waals surface area contributed by atoms with Gasteiger partial charge in [-0.2, -0.15) is 10.2 Å². The molecule has 1 aromatic carbocycles. The Labute approximate surface area is 153 Å². The van der Waals surface area contributed by atoms with Gasteiger partial charge in [-0.15, -0.1) is 0 Å². The van der Waals surface area contributed by atoms with Crippen LogP contribution in [0.2, 0.25) is 5.02 Å². The van der Waals surface area contributed by atoms with Crippen LogP contribution in [-0.4, -0.2) is 30.4 Å². The molecule has 0 spiro atoms. The molecule has 9 nitrogen and oxygen atoms in total. The molecule has 0 saturated carbocycles. The summed E-state index contributed by atoms with van der Waals surface area (Å²) in [6, 6.07) is 7.37. The van der Waals surface area contributed by atoms with Crippen LogP contribution in [0.1, 0.15) is 21.7 Å². The van der Waals surface area contributed by atoms with Gasteiger partial charge in [0, 0.05) is 18.3 Å². The van der Waals surface area contributed by atoms with E-state index in [4.69, 9.17) is 11.6 Å². The molecule has 0 atom stereocenters. The predicted molar refractivity (Wildman–Crippen MR) is 95.3 cm³/mol. The summed E-state index contributed by atoms with van der Waals surface area (Å²) < 4.78 is 2.91. The number of carbonyl (C=O) groups excluding carboxylic acids is 1. The Balaban J connectivity index is 1.78. The van der Waals surface area contributed by atoms with Crippen molar-refractivity contribution >= 4 is 28.9 Å². The summed E-state index contributed by atoms with van der Waals surface area (Å²) >= 11 is 6.12. The predicted octanol–water partition coefficient (Wildman–Crippen LogP) is 2.79. The van der Waals surface area contributed by atoms with Crippen LogP contribution in [0.5, 0.6) is 0 Å². The standard InChI is InChI=1S/C16H15ClN6O3/c1-10-15(23(25)26)14(20-21(10)2)16(24)19-12-7-18-22(9-12)8-11-5-3-4-6-13(11)17/h3-7,9H,8H2,1-2H3,(H,19,24). The average Bonchev–Trinajstić information content (AvgIpc) is 3.14. The van der Waals surface area contributed by atoms with Crippen LogP contribution >= 0.6 is 11.6 Å². The molecule has 1 amide bonds. The van der Waals surface area contributed by atoms with Crippen molar-refractivity contribution in [1.29, 1.82) is 0 Å². The van der Waals surface area contributed by atoms with Crippen molar-refractivity contribution in [3.05, 3.63) is 68.7 Å². The highest BCUT2D eigenvalue weighted by Crippen LogP contribution is 2.23. The molecule has 0 aliphatic heterocycles.